The number of rotatable bonds is 3. The monoisotopic (exact) mass is 382 g/mol. The van der Waals surface area contributed by atoms with Gasteiger partial charge in [-0.05, 0) is 37.1 Å². The van der Waals surface area contributed by atoms with Crippen LogP contribution in [-0.2, 0) is 9.59 Å². The number of benzene rings is 1. The Labute approximate surface area is 167 Å². The summed E-state index contributed by atoms with van der Waals surface area (Å²) in [6.45, 7) is 0. The topological polar surface area (TPSA) is 66.5 Å². The van der Waals surface area contributed by atoms with Gasteiger partial charge in [-0.3, -0.25) is 14.4 Å². The van der Waals surface area contributed by atoms with Crippen molar-refractivity contribution < 1.29 is 14.4 Å². The van der Waals surface area contributed by atoms with Crippen LogP contribution in [0.4, 0.5) is 5.69 Å². The summed E-state index contributed by atoms with van der Waals surface area (Å²) in [6.07, 6.45) is 16.0. The summed E-state index contributed by atoms with van der Waals surface area (Å²) in [5, 5.41) is 3.19. The van der Waals surface area contributed by atoms with Crippen LogP contribution in [0.5, 0.6) is 0 Å². The molecule has 3 amide bonds. The maximum absolute atomic E-state index is 12.7. The van der Waals surface area contributed by atoms with Gasteiger partial charge in [-0.2, -0.15) is 0 Å². The quantitative estimate of drug-likeness (QED) is 0.782. The second-order valence-corrected chi connectivity index (χ2v) is 7.82. The summed E-state index contributed by atoms with van der Waals surface area (Å²) in [6, 6.07) is 6.88. The van der Waals surface area contributed by atoms with Gasteiger partial charge in [0, 0.05) is 23.8 Å². The predicted molar refractivity (Wildman–Crippen MR) is 110 cm³/mol. The molecule has 0 radical (unpaired) electrons. The van der Waals surface area contributed by atoms with E-state index in [1.165, 1.54) is 57.1 Å². The summed E-state index contributed by atoms with van der Waals surface area (Å²) in [4.78, 5) is 37.3. The molecule has 0 saturated heterocycles. The van der Waals surface area contributed by atoms with Gasteiger partial charge in [0.05, 0.1) is 5.69 Å². The van der Waals surface area contributed by atoms with Crippen LogP contribution in [-0.4, -0.2) is 23.8 Å². The van der Waals surface area contributed by atoms with E-state index in [9.17, 15) is 14.4 Å². The standard InChI is InChI=1S/C23H30N2O3/c26-21-16-17-22(27)25(21)20-14-12-18(13-15-20)23(28)24-19-10-8-6-4-2-1-3-5-7-9-11-19/h12-17,19H,1-11H2,(H,24,28). The van der Waals surface area contributed by atoms with Crippen LogP contribution in [0.2, 0.25) is 0 Å². The number of anilines is 1. The molecule has 5 heteroatoms. The van der Waals surface area contributed by atoms with Gasteiger partial charge in [0.15, 0.2) is 0 Å². The first-order valence-electron chi connectivity index (χ1n) is 10.6. The Morgan fingerprint density at radius 3 is 1.71 bits per heavy atom. The molecule has 150 valence electrons. The van der Waals surface area contributed by atoms with Gasteiger partial charge in [0.25, 0.3) is 17.7 Å². The van der Waals surface area contributed by atoms with Gasteiger partial charge in [0.1, 0.15) is 0 Å². The molecule has 0 bridgehead atoms. The average Bonchev–Trinajstić information content (AvgIpc) is 3.02. The lowest BCUT2D eigenvalue weighted by atomic mass is 9.97. The lowest BCUT2D eigenvalue weighted by molar-refractivity contribution is -0.119. The van der Waals surface area contributed by atoms with E-state index < -0.39 is 0 Å². The molecule has 0 atom stereocenters. The number of imide groups is 1. The summed E-state index contributed by atoms with van der Waals surface area (Å²) in [7, 11) is 0. The highest BCUT2D eigenvalue weighted by atomic mass is 16.2. The number of carbonyl (C=O) groups excluding carboxylic acids is 3. The van der Waals surface area contributed by atoms with Crippen molar-refractivity contribution in [3.05, 3.63) is 42.0 Å². The second kappa shape index (κ2) is 10.2. The van der Waals surface area contributed by atoms with Gasteiger partial charge < -0.3 is 5.32 Å². The van der Waals surface area contributed by atoms with Crippen LogP contribution in [0, 0.1) is 0 Å². The number of amides is 3. The molecule has 1 aliphatic carbocycles. The molecule has 28 heavy (non-hydrogen) atoms. The molecule has 1 aromatic carbocycles. The molecule has 1 aromatic rings. The molecule has 5 nitrogen and oxygen atoms in total. The van der Waals surface area contributed by atoms with Crippen molar-refractivity contribution in [3.8, 4) is 0 Å². The van der Waals surface area contributed by atoms with Crippen LogP contribution in [0.3, 0.4) is 0 Å². The zero-order valence-electron chi connectivity index (χ0n) is 16.5. The van der Waals surface area contributed by atoms with Crippen LogP contribution in [0.1, 0.15) is 81.0 Å². The third kappa shape index (κ3) is 5.54. The zero-order chi connectivity index (χ0) is 19.8. The summed E-state index contributed by atoms with van der Waals surface area (Å²) in [5.74, 6) is -0.785. The molecule has 1 aliphatic heterocycles. The minimum Gasteiger partial charge on any atom is -0.349 e. The zero-order valence-corrected chi connectivity index (χ0v) is 16.5. The van der Waals surface area contributed by atoms with Crippen molar-refractivity contribution in [1.82, 2.24) is 5.32 Å². The number of nitrogens with one attached hydrogen (secondary N) is 1. The summed E-state index contributed by atoms with van der Waals surface area (Å²) in [5.41, 5.74) is 1.05. The van der Waals surface area contributed by atoms with Gasteiger partial charge >= 0.3 is 0 Å². The van der Waals surface area contributed by atoms with Crippen molar-refractivity contribution >= 4 is 23.4 Å². The minimum absolute atomic E-state index is 0.0826. The van der Waals surface area contributed by atoms with E-state index in [4.69, 9.17) is 0 Å². The number of nitrogens with zero attached hydrogens (tertiary/aromatic N) is 1. The summed E-state index contributed by atoms with van der Waals surface area (Å²) < 4.78 is 0. The fraction of sp³-hybridized carbons (Fsp3) is 0.522. The predicted octanol–water partition coefficient (Wildman–Crippen LogP) is 4.52. The van der Waals surface area contributed by atoms with Crippen LogP contribution in [0.25, 0.3) is 0 Å². The van der Waals surface area contributed by atoms with E-state index in [-0.39, 0.29) is 23.8 Å². The molecule has 1 fully saturated rings. The summed E-state index contributed by atoms with van der Waals surface area (Å²) >= 11 is 0. The van der Waals surface area contributed by atoms with E-state index in [0.717, 1.165) is 30.6 Å². The van der Waals surface area contributed by atoms with Gasteiger partial charge in [-0.15, -0.1) is 0 Å². The Balaban J connectivity index is 1.57. The normalized spacial score (nSPS) is 19.9. The largest absolute Gasteiger partial charge is 0.349 e. The molecule has 0 aromatic heterocycles. The number of hydrogen-bond donors (Lipinski definition) is 1. The van der Waals surface area contributed by atoms with Crippen LogP contribution in [0.15, 0.2) is 36.4 Å². The Kier molecular flexibility index (Phi) is 7.40. The Morgan fingerprint density at radius 1 is 0.750 bits per heavy atom. The number of hydrogen-bond acceptors (Lipinski definition) is 3. The van der Waals surface area contributed by atoms with Gasteiger partial charge in [-0.1, -0.05) is 57.8 Å². The Morgan fingerprint density at radius 2 is 1.21 bits per heavy atom. The smallest absolute Gasteiger partial charge is 0.258 e. The molecule has 0 spiro atoms. The third-order valence-corrected chi connectivity index (χ3v) is 5.64. The molecule has 1 heterocycles. The fourth-order valence-corrected chi connectivity index (χ4v) is 3.99. The maximum atomic E-state index is 12.7. The SMILES string of the molecule is O=C(NC1CCCCCCCCCCC1)c1ccc(N2C(=O)C=CC2=O)cc1. The van der Waals surface area contributed by atoms with Crippen molar-refractivity contribution in [2.45, 2.75) is 76.7 Å². The third-order valence-electron chi connectivity index (χ3n) is 5.64. The second-order valence-electron chi connectivity index (χ2n) is 7.82. The average molecular weight is 383 g/mol. The van der Waals surface area contributed by atoms with Crippen molar-refractivity contribution in [3.63, 3.8) is 0 Å². The van der Waals surface area contributed by atoms with E-state index in [1.54, 1.807) is 24.3 Å². The molecular weight excluding hydrogens is 352 g/mol. The highest BCUT2D eigenvalue weighted by Gasteiger charge is 2.25. The molecule has 2 aliphatic rings. The highest BCUT2D eigenvalue weighted by Crippen LogP contribution is 2.20. The van der Waals surface area contributed by atoms with E-state index in [1.807, 2.05) is 0 Å². The maximum Gasteiger partial charge on any atom is 0.258 e. The van der Waals surface area contributed by atoms with E-state index >= 15 is 0 Å². The van der Waals surface area contributed by atoms with Crippen LogP contribution < -0.4 is 10.2 Å². The Hall–Kier alpha value is -2.43. The molecule has 0 unspecified atom stereocenters. The van der Waals surface area contributed by atoms with Crippen molar-refractivity contribution in [2.75, 3.05) is 4.90 Å². The van der Waals surface area contributed by atoms with E-state index in [2.05, 4.69) is 5.32 Å². The lowest BCUT2D eigenvalue weighted by Gasteiger charge is -2.20. The number of carbonyl (C=O) groups is 3. The first kappa shape index (κ1) is 20.3. The first-order chi connectivity index (χ1) is 13.6. The van der Waals surface area contributed by atoms with Crippen molar-refractivity contribution in [2.24, 2.45) is 0 Å². The Bertz CT molecular complexity index is 694. The lowest BCUT2D eigenvalue weighted by Crippen LogP contribution is -2.35. The first-order valence-corrected chi connectivity index (χ1v) is 10.6. The van der Waals surface area contributed by atoms with E-state index in [0.29, 0.717) is 11.3 Å². The molecule has 3 rings (SSSR count). The highest BCUT2D eigenvalue weighted by molar-refractivity contribution is 6.28. The van der Waals surface area contributed by atoms with Crippen molar-refractivity contribution in [1.29, 1.82) is 0 Å². The van der Waals surface area contributed by atoms with Crippen LogP contribution >= 0.6 is 0 Å². The minimum atomic E-state index is -0.351. The fourth-order valence-electron chi connectivity index (χ4n) is 3.99. The molecular formula is C23H30N2O3. The van der Waals surface area contributed by atoms with Gasteiger partial charge in [0.2, 0.25) is 0 Å². The van der Waals surface area contributed by atoms with Gasteiger partial charge in [-0.25, -0.2) is 4.90 Å². The molecule has 1 N–H and O–H groups in total. The molecule has 1 saturated carbocycles.